The standard InChI is InChI=1S/C12H20O2/c1-14-11(13)10-6-5-9-12(10)7-3-2-4-8-12/h10H,2-9H2,1H3. The third-order valence-electron chi connectivity index (χ3n) is 4.24. The molecule has 2 rings (SSSR count). The molecule has 2 saturated carbocycles. The van der Waals surface area contributed by atoms with Gasteiger partial charge in [-0.25, -0.2) is 0 Å². The Morgan fingerprint density at radius 1 is 1.14 bits per heavy atom. The molecule has 80 valence electrons. The van der Waals surface area contributed by atoms with Gasteiger partial charge in [-0.2, -0.15) is 0 Å². The fourth-order valence-electron chi connectivity index (χ4n) is 3.50. The highest BCUT2D eigenvalue weighted by molar-refractivity contribution is 5.73. The summed E-state index contributed by atoms with van der Waals surface area (Å²) in [4.78, 5) is 11.7. The molecule has 1 unspecified atom stereocenters. The third-order valence-corrected chi connectivity index (χ3v) is 4.24. The molecule has 2 fully saturated rings. The van der Waals surface area contributed by atoms with Crippen LogP contribution in [0.15, 0.2) is 0 Å². The maximum atomic E-state index is 11.7. The number of esters is 1. The second-order valence-corrected chi connectivity index (χ2v) is 4.89. The predicted octanol–water partition coefficient (Wildman–Crippen LogP) is 2.91. The first kappa shape index (κ1) is 10.0. The Morgan fingerprint density at radius 3 is 2.43 bits per heavy atom. The maximum Gasteiger partial charge on any atom is 0.309 e. The zero-order chi connectivity index (χ0) is 10.0. The lowest BCUT2D eigenvalue weighted by Gasteiger charge is -2.37. The van der Waals surface area contributed by atoms with Gasteiger partial charge < -0.3 is 4.74 Å². The quantitative estimate of drug-likeness (QED) is 0.603. The fraction of sp³-hybridized carbons (Fsp3) is 0.917. The summed E-state index contributed by atoms with van der Waals surface area (Å²) in [6.07, 6.45) is 10.0. The molecular weight excluding hydrogens is 176 g/mol. The van der Waals surface area contributed by atoms with Crippen molar-refractivity contribution in [3.05, 3.63) is 0 Å². The summed E-state index contributed by atoms with van der Waals surface area (Å²) in [5.74, 6) is 0.261. The van der Waals surface area contributed by atoms with Gasteiger partial charge in [-0.15, -0.1) is 0 Å². The molecule has 14 heavy (non-hydrogen) atoms. The molecule has 0 heterocycles. The van der Waals surface area contributed by atoms with Gasteiger partial charge in [0, 0.05) is 0 Å². The van der Waals surface area contributed by atoms with Gasteiger partial charge in [-0.3, -0.25) is 4.79 Å². The highest BCUT2D eigenvalue weighted by Gasteiger charge is 2.47. The van der Waals surface area contributed by atoms with E-state index in [4.69, 9.17) is 4.74 Å². The van der Waals surface area contributed by atoms with Gasteiger partial charge in [0.05, 0.1) is 13.0 Å². The van der Waals surface area contributed by atoms with E-state index in [1.54, 1.807) is 0 Å². The van der Waals surface area contributed by atoms with Crippen molar-refractivity contribution in [1.29, 1.82) is 0 Å². The van der Waals surface area contributed by atoms with Crippen LogP contribution in [-0.2, 0) is 9.53 Å². The number of ether oxygens (including phenoxy) is 1. The average Bonchev–Trinajstić information content (AvgIpc) is 2.62. The highest BCUT2D eigenvalue weighted by atomic mass is 16.5. The molecule has 0 aliphatic heterocycles. The highest BCUT2D eigenvalue weighted by Crippen LogP contribution is 2.53. The lowest BCUT2D eigenvalue weighted by molar-refractivity contribution is -0.150. The molecule has 1 spiro atoms. The van der Waals surface area contributed by atoms with Crippen LogP contribution in [0.2, 0.25) is 0 Å². The zero-order valence-corrected chi connectivity index (χ0v) is 9.05. The number of methoxy groups -OCH3 is 1. The molecule has 0 amide bonds. The first-order valence-corrected chi connectivity index (χ1v) is 5.86. The Balaban J connectivity index is 2.11. The SMILES string of the molecule is COC(=O)C1CCCC12CCCCC2. The van der Waals surface area contributed by atoms with Gasteiger partial charge in [0.1, 0.15) is 0 Å². The Morgan fingerprint density at radius 2 is 1.79 bits per heavy atom. The molecule has 0 saturated heterocycles. The Labute approximate surface area is 86.0 Å². The summed E-state index contributed by atoms with van der Waals surface area (Å²) in [6, 6.07) is 0. The van der Waals surface area contributed by atoms with E-state index in [2.05, 4.69) is 0 Å². The number of rotatable bonds is 1. The Kier molecular flexibility index (Phi) is 2.80. The molecule has 1 atom stereocenters. The normalized spacial score (nSPS) is 30.5. The van der Waals surface area contributed by atoms with Crippen molar-refractivity contribution in [2.24, 2.45) is 11.3 Å². The van der Waals surface area contributed by atoms with Crippen molar-refractivity contribution in [2.75, 3.05) is 7.11 Å². The second-order valence-electron chi connectivity index (χ2n) is 4.89. The van der Waals surface area contributed by atoms with E-state index in [0.29, 0.717) is 5.41 Å². The minimum Gasteiger partial charge on any atom is -0.469 e. The van der Waals surface area contributed by atoms with Crippen molar-refractivity contribution in [3.8, 4) is 0 Å². The number of carbonyl (C=O) groups is 1. The van der Waals surface area contributed by atoms with Gasteiger partial charge in [0.2, 0.25) is 0 Å². The van der Waals surface area contributed by atoms with Crippen LogP contribution >= 0.6 is 0 Å². The number of hydrogen-bond donors (Lipinski definition) is 0. The van der Waals surface area contributed by atoms with Crippen LogP contribution in [0.3, 0.4) is 0 Å². The van der Waals surface area contributed by atoms with Crippen molar-refractivity contribution < 1.29 is 9.53 Å². The lowest BCUT2D eigenvalue weighted by Crippen LogP contribution is -2.34. The van der Waals surface area contributed by atoms with E-state index < -0.39 is 0 Å². The van der Waals surface area contributed by atoms with Gasteiger partial charge in [-0.05, 0) is 31.1 Å². The lowest BCUT2D eigenvalue weighted by atomic mass is 9.67. The van der Waals surface area contributed by atoms with Crippen molar-refractivity contribution in [2.45, 2.75) is 51.4 Å². The molecule has 2 aliphatic carbocycles. The molecule has 0 aromatic carbocycles. The van der Waals surface area contributed by atoms with Crippen molar-refractivity contribution in [3.63, 3.8) is 0 Å². The van der Waals surface area contributed by atoms with Gasteiger partial charge >= 0.3 is 5.97 Å². The van der Waals surface area contributed by atoms with Crippen LogP contribution in [0.5, 0.6) is 0 Å². The largest absolute Gasteiger partial charge is 0.469 e. The Hall–Kier alpha value is -0.530. The number of hydrogen-bond acceptors (Lipinski definition) is 2. The van der Waals surface area contributed by atoms with Crippen molar-refractivity contribution in [1.82, 2.24) is 0 Å². The van der Waals surface area contributed by atoms with Crippen LogP contribution in [-0.4, -0.2) is 13.1 Å². The summed E-state index contributed by atoms with van der Waals surface area (Å²) in [5, 5.41) is 0. The molecule has 2 heteroatoms. The van der Waals surface area contributed by atoms with Crippen LogP contribution in [0.1, 0.15) is 51.4 Å². The third kappa shape index (κ3) is 1.55. The number of carbonyl (C=O) groups excluding carboxylic acids is 1. The monoisotopic (exact) mass is 196 g/mol. The van der Waals surface area contributed by atoms with E-state index in [9.17, 15) is 4.79 Å². The second kappa shape index (κ2) is 3.92. The predicted molar refractivity (Wildman–Crippen MR) is 54.9 cm³/mol. The summed E-state index contributed by atoms with van der Waals surface area (Å²) < 4.78 is 4.92. The van der Waals surface area contributed by atoms with Gasteiger partial charge in [-0.1, -0.05) is 25.7 Å². The fourth-order valence-corrected chi connectivity index (χ4v) is 3.50. The maximum absolute atomic E-state index is 11.7. The molecule has 2 nitrogen and oxygen atoms in total. The van der Waals surface area contributed by atoms with E-state index >= 15 is 0 Å². The van der Waals surface area contributed by atoms with E-state index in [1.165, 1.54) is 52.1 Å². The minimum atomic E-state index is 0.0457. The average molecular weight is 196 g/mol. The van der Waals surface area contributed by atoms with Crippen molar-refractivity contribution >= 4 is 5.97 Å². The van der Waals surface area contributed by atoms with Crippen LogP contribution < -0.4 is 0 Å². The first-order valence-electron chi connectivity index (χ1n) is 5.86. The van der Waals surface area contributed by atoms with Crippen LogP contribution in [0.4, 0.5) is 0 Å². The summed E-state index contributed by atoms with van der Waals surface area (Å²) in [7, 11) is 1.52. The Bertz CT molecular complexity index is 216. The molecular formula is C12H20O2. The summed E-state index contributed by atoms with van der Waals surface area (Å²) in [5.41, 5.74) is 0.339. The molecule has 0 radical (unpaired) electrons. The van der Waals surface area contributed by atoms with E-state index in [1.807, 2.05) is 0 Å². The van der Waals surface area contributed by atoms with E-state index in [-0.39, 0.29) is 11.9 Å². The van der Waals surface area contributed by atoms with Gasteiger partial charge in [0.25, 0.3) is 0 Å². The van der Waals surface area contributed by atoms with Crippen LogP contribution in [0.25, 0.3) is 0 Å². The molecule has 0 aromatic rings. The molecule has 0 bridgehead atoms. The molecule has 0 N–H and O–H groups in total. The smallest absolute Gasteiger partial charge is 0.309 e. The van der Waals surface area contributed by atoms with Gasteiger partial charge in [0.15, 0.2) is 0 Å². The zero-order valence-electron chi connectivity index (χ0n) is 9.05. The minimum absolute atomic E-state index is 0.0457. The first-order chi connectivity index (χ1) is 6.78. The molecule has 2 aliphatic rings. The van der Waals surface area contributed by atoms with E-state index in [0.717, 1.165) is 6.42 Å². The molecule has 0 aromatic heterocycles. The summed E-state index contributed by atoms with van der Waals surface area (Å²) >= 11 is 0. The topological polar surface area (TPSA) is 26.3 Å². The summed E-state index contributed by atoms with van der Waals surface area (Å²) in [6.45, 7) is 0. The van der Waals surface area contributed by atoms with Crippen LogP contribution in [0, 0.1) is 11.3 Å².